The minimum Gasteiger partial charge on any atom is -0.466 e. The lowest BCUT2D eigenvalue weighted by atomic mass is 9.89. The normalized spacial score (nSPS) is 15.8. The molecule has 11 heteroatoms. The van der Waals surface area contributed by atoms with Crippen LogP contribution in [0.25, 0.3) is 17.5 Å². The van der Waals surface area contributed by atoms with Crippen LogP contribution < -0.4 is 20.5 Å². The number of nitrogens with zero attached hydrogens (tertiary/aromatic N) is 1. The zero-order chi connectivity index (χ0) is 27.9. The Labute approximate surface area is 237 Å². The highest BCUT2D eigenvalue weighted by Crippen LogP contribution is 2.44. The summed E-state index contributed by atoms with van der Waals surface area (Å²) in [4.78, 5) is 26.7. The fourth-order valence-electron chi connectivity index (χ4n) is 4.47. The zero-order valence-electron chi connectivity index (χ0n) is 20.3. The quantitative estimate of drug-likeness (QED) is 0.351. The Morgan fingerprint density at radius 1 is 0.974 bits per heavy atom. The summed E-state index contributed by atoms with van der Waals surface area (Å²) < 4.78 is 34.7. The van der Waals surface area contributed by atoms with Gasteiger partial charge in [0.2, 0.25) is 9.84 Å². The van der Waals surface area contributed by atoms with Gasteiger partial charge in [-0.25, -0.2) is 13.2 Å². The van der Waals surface area contributed by atoms with Crippen molar-refractivity contribution in [3.8, 4) is 0 Å². The molecule has 0 fully saturated rings. The van der Waals surface area contributed by atoms with Gasteiger partial charge in [-0.2, -0.15) is 0 Å². The van der Waals surface area contributed by atoms with Gasteiger partial charge in [0, 0.05) is 10.0 Å². The first-order valence-corrected chi connectivity index (χ1v) is 14.6. The number of carbonyl (C=O) groups is 1. The van der Waals surface area contributed by atoms with E-state index < -0.39 is 27.3 Å². The summed E-state index contributed by atoms with van der Waals surface area (Å²) in [5, 5.41) is 0.628. The summed E-state index contributed by atoms with van der Waals surface area (Å²) in [7, 11) is -3.16. The summed E-state index contributed by atoms with van der Waals surface area (Å²) >= 11 is 13.9. The lowest BCUT2D eigenvalue weighted by Gasteiger charge is -2.28. The van der Waals surface area contributed by atoms with Crippen molar-refractivity contribution < 1.29 is 17.9 Å². The molecule has 1 aliphatic heterocycles. The summed E-state index contributed by atoms with van der Waals surface area (Å²) in [5.74, 6) is -2.40. The van der Waals surface area contributed by atoms with Gasteiger partial charge >= 0.3 is 5.97 Å². The summed E-state index contributed by atoms with van der Waals surface area (Å²) in [6, 6.07) is 21.1. The molecule has 1 aliphatic rings. The number of fused-ring (bicyclic) bond motifs is 1. The molecule has 0 bridgehead atoms. The Balaban J connectivity index is 1.96. The molecule has 2 N–H and O–H groups in total. The Bertz CT molecular complexity index is 1950. The highest BCUT2D eigenvalue weighted by molar-refractivity contribution is 7.95. The number of benzene rings is 3. The number of aromatic nitrogens is 1. The van der Waals surface area contributed by atoms with E-state index in [4.69, 9.17) is 33.7 Å². The predicted octanol–water partition coefficient (Wildman–Crippen LogP) is 3.73. The van der Waals surface area contributed by atoms with Crippen molar-refractivity contribution in [2.45, 2.75) is 10.8 Å². The van der Waals surface area contributed by atoms with Crippen LogP contribution >= 0.6 is 34.5 Å². The topological polar surface area (TPSA) is 108 Å². The SMILES string of the molecule is COC(=O)C1=c2s/c(=C\c3ccccc3Cl)c(=O)n2C(N)=C(S(=O)(=O)c2ccccc2)[C@H]1c1ccccc1Cl. The molecule has 0 unspecified atom stereocenters. The average molecular weight is 600 g/mol. The van der Waals surface area contributed by atoms with E-state index >= 15 is 0 Å². The minimum absolute atomic E-state index is 0.0567. The first-order chi connectivity index (χ1) is 18.7. The van der Waals surface area contributed by atoms with E-state index in [9.17, 15) is 18.0 Å². The van der Waals surface area contributed by atoms with Gasteiger partial charge in [-0.1, -0.05) is 77.8 Å². The predicted molar refractivity (Wildman–Crippen MR) is 153 cm³/mol. The maximum Gasteiger partial charge on any atom is 0.337 e. The fraction of sp³-hybridized carbons (Fsp3) is 0.0714. The van der Waals surface area contributed by atoms with Crippen molar-refractivity contribution in [3.63, 3.8) is 0 Å². The molecule has 2 heterocycles. The van der Waals surface area contributed by atoms with Crippen LogP contribution in [0.2, 0.25) is 10.0 Å². The second-order valence-corrected chi connectivity index (χ2v) is 12.3. The number of nitrogens with two attached hydrogens (primary N) is 1. The van der Waals surface area contributed by atoms with E-state index in [2.05, 4.69) is 0 Å². The molecule has 1 atom stereocenters. The van der Waals surface area contributed by atoms with Crippen LogP contribution in [0, 0.1) is 0 Å². The standard InChI is InChI=1S/C28H20Cl2N2O5S2/c1-37-28(34)23-22(18-12-6-8-14-20(18)30)24(39(35,36)17-10-3-2-4-11-17)25(31)32-26(33)21(38-27(23)32)15-16-9-5-7-13-19(16)29/h2-15,22H,31H2,1H3/b21-15-/t22-/m0/s1. The third kappa shape index (κ3) is 4.61. The summed E-state index contributed by atoms with van der Waals surface area (Å²) in [6.07, 6.45) is 1.57. The molecule has 3 aromatic carbocycles. The largest absolute Gasteiger partial charge is 0.466 e. The molecule has 0 saturated heterocycles. The molecule has 198 valence electrons. The first-order valence-electron chi connectivity index (χ1n) is 11.5. The van der Waals surface area contributed by atoms with Crippen LogP contribution in [0.1, 0.15) is 17.0 Å². The maximum absolute atomic E-state index is 14.1. The average Bonchev–Trinajstić information content (AvgIpc) is 3.25. The molecule has 1 aromatic heterocycles. The number of thiazole rings is 1. The van der Waals surface area contributed by atoms with Crippen molar-refractivity contribution in [2.24, 2.45) is 5.73 Å². The number of sulfone groups is 1. The molecule has 0 amide bonds. The molecule has 5 rings (SSSR count). The third-order valence-corrected chi connectivity index (χ3v) is 9.97. The van der Waals surface area contributed by atoms with Gasteiger partial charge in [0.15, 0.2) is 0 Å². The Hall–Kier alpha value is -3.63. The van der Waals surface area contributed by atoms with Crippen LogP contribution in [-0.4, -0.2) is 26.1 Å². The smallest absolute Gasteiger partial charge is 0.337 e. The third-order valence-electron chi connectivity index (χ3n) is 6.25. The molecule has 0 spiro atoms. The van der Waals surface area contributed by atoms with Gasteiger partial charge in [0.25, 0.3) is 5.56 Å². The highest BCUT2D eigenvalue weighted by Gasteiger charge is 2.43. The number of halogens is 2. The molecule has 0 radical (unpaired) electrons. The van der Waals surface area contributed by atoms with E-state index in [1.54, 1.807) is 72.8 Å². The van der Waals surface area contributed by atoms with Gasteiger partial charge in [-0.15, -0.1) is 11.3 Å². The van der Waals surface area contributed by atoms with Crippen molar-refractivity contribution in [1.29, 1.82) is 0 Å². The van der Waals surface area contributed by atoms with Gasteiger partial charge in [0.1, 0.15) is 15.4 Å². The molecule has 0 aliphatic carbocycles. The van der Waals surface area contributed by atoms with Crippen molar-refractivity contribution in [1.82, 2.24) is 4.57 Å². The fourth-order valence-corrected chi connectivity index (χ4v) is 7.75. The monoisotopic (exact) mass is 598 g/mol. The van der Waals surface area contributed by atoms with Crippen LogP contribution in [0.4, 0.5) is 0 Å². The van der Waals surface area contributed by atoms with Crippen LogP contribution in [0.3, 0.4) is 0 Å². The second-order valence-electron chi connectivity index (χ2n) is 8.50. The van der Waals surface area contributed by atoms with Crippen LogP contribution in [0.5, 0.6) is 0 Å². The number of methoxy groups -OCH3 is 1. The van der Waals surface area contributed by atoms with E-state index in [-0.39, 0.29) is 35.4 Å². The molecule has 0 saturated carbocycles. The molecular weight excluding hydrogens is 579 g/mol. The minimum atomic E-state index is -4.33. The number of carbonyl (C=O) groups excluding carboxylic acids is 1. The maximum atomic E-state index is 14.1. The van der Waals surface area contributed by atoms with E-state index in [0.717, 1.165) is 15.9 Å². The number of ether oxygens (including phenoxy) is 1. The number of allylic oxidation sites excluding steroid dienone is 1. The van der Waals surface area contributed by atoms with Gasteiger partial charge in [0.05, 0.1) is 28.0 Å². The summed E-state index contributed by atoms with van der Waals surface area (Å²) in [6.45, 7) is 0. The Morgan fingerprint density at radius 2 is 1.59 bits per heavy atom. The van der Waals surface area contributed by atoms with E-state index in [0.29, 0.717) is 16.1 Å². The van der Waals surface area contributed by atoms with Crippen LogP contribution in [-0.2, 0) is 19.4 Å². The summed E-state index contributed by atoms with van der Waals surface area (Å²) in [5.41, 5.74) is 6.76. The first kappa shape index (κ1) is 27.0. The van der Waals surface area contributed by atoms with E-state index in [1.165, 1.54) is 19.2 Å². The van der Waals surface area contributed by atoms with Gasteiger partial charge in [-0.05, 0) is 41.5 Å². The number of hydrogen-bond acceptors (Lipinski definition) is 7. The van der Waals surface area contributed by atoms with Gasteiger partial charge < -0.3 is 10.5 Å². The molecule has 39 heavy (non-hydrogen) atoms. The van der Waals surface area contributed by atoms with Crippen LogP contribution in [0.15, 0.2) is 93.5 Å². The van der Waals surface area contributed by atoms with E-state index in [1.807, 2.05) is 0 Å². The number of esters is 1. The van der Waals surface area contributed by atoms with Gasteiger partial charge in [-0.3, -0.25) is 9.36 Å². The molecule has 7 nitrogen and oxygen atoms in total. The Kier molecular flexibility index (Phi) is 7.26. The lowest BCUT2D eigenvalue weighted by Crippen LogP contribution is -2.41. The highest BCUT2D eigenvalue weighted by atomic mass is 35.5. The lowest BCUT2D eigenvalue weighted by molar-refractivity contribution is -0.134. The van der Waals surface area contributed by atoms with Crippen molar-refractivity contribution >= 4 is 67.8 Å². The number of hydrogen-bond donors (Lipinski definition) is 1. The number of rotatable bonds is 5. The Morgan fingerprint density at radius 3 is 2.23 bits per heavy atom. The zero-order valence-corrected chi connectivity index (χ0v) is 23.4. The molecule has 4 aromatic rings. The van der Waals surface area contributed by atoms with Crippen molar-refractivity contribution in [3.05, 3.63) is 124 Å². The molecular formula is C28H20Cl2N2O5S2. The van der Waals surface area contributed by atoms with Crippen molar-refractivity contribution in [2.75, 3.05) is 7.11 Å². The second kappa shape index (κ2) is 10.5.